The third-order valence-corrected chi connectivity index (χ3v) is 3.77. The molecule has 17 heavy (non-hydrogen) atoms. The topological polar surface area (TPSA) is 78.4 Å². The minimum atomic E-state index is -1.10. The van der Waals surface area contributed by atoms with Gasteiger partial charge in [0.15, 0.2) is 0 Å². The predicted octanol–water partition coefficient (Wildman–Crippen LogP) is 0.921. The number of rotatable bonds is 0. The molecule has 1 fully saturated rings. The minimum absolute atomic E-state index is 0.177. The Kier molecular flexibility index (Phi) is 2.08. The van der Waals surface area contributed by atoms with Crippen molar-refractivity contribution >= 4 is 27.9 Å². The van der Waals surface area contributed by atoms with Crippen LogP contribution in [-0.2, 0) is 10.3 Å². The summed E-state index contributed by atoms with van der Waals surface area (Å²) in [7, 11) is 0. The predicted molar refractivity (Wildman–Crippen MR) is 62.1 cm³/mol. The van der Waals surface area contributed by atoms with Gasteiger partial charge in [0.25, 0.3) is 5.91 Å². The maximum absolute atomic E-state index is 11.9. The van der Waals surface area contributed by atoms with E-state index in [0.29, 0.717) is 11.1 Å². The van der Waals surface area contributed by atoms with Crippen molar-refractivity contribution in [2.24, 2.45) is 0 Å². The molecular weight excluding hydrogens is 288 g/mol. The summed E-state index contributed by atoms with van der Waals surface area (Å²) in [5.41, 5.74) is 0.236. The molecule has 1 aliphatic carbocycles. The molecule has 0 radical (unpaired) electrons. The maximum Gasteiger partial charge on any atom is 0.322 e. The fourth-order valence-electron chi connectivity index (χ4n) is 2.53. The van der Waals surface area contributed by atoms with Gasteiger partial charge in [-0.25, -0.2) is 4.79 Å². The molecule has 2 aliphatic rings. The van der Waals surface area contributed by atoms with Gasteiger partial charge in [-0.3, -0.25) is 10.1 Å². The molecule has 0 saturated carbocycles. The molecule has 3 rings (SSSR count). The molecule has 1 saturated heterocycles. The second-order valence-electron chi connectivity index (χ2n) is 4.27. The largest absolute Gasteiger partial charge is 0.388 e. The maximum atomic E-state index is 11.9. The van der Waals surface area contributed by atoms with Crippen LogP contribution >= 0.6 is 15.9 Å². The van der Waals surface area contributed by atoms with Crippen LogP contribution in [0.2, 0.25) is 0 Å². The molecular formula is C11H9BrN2O3. The highest BCUT2D eigenvalue weighted by atomic mass is 79.9. The number of carbonyl (C=O) groups is 2. The standard InChI is InChI=1S/C11H9BrN2O3/c12-5-1-2-7-6(3-5)8(15)4-11(7)9(16)13-10(17)14-11/h1-3,8,15H,4H2,(H2,13,14,16,17)/t8-,11-/m0/s1. The first kappa shape index (κ1) is 10.7. The zero-order valence-corrected chi connectivity index (χ0v) is 10.2. The van der Waals surface area contributed by atoms with E-state index in [1.165, 1.54) is 0 Å². The summed E-state index contributed by atoms with van der Waals surface area (Å²) in [5, 5.41) is 14.8. The number of aliphatic hydroxyl groups is 1. The number of carbonyl (C=O) groups excluding carboxylic acids is 2. The van der Waals surface area contributed by atoms with Gasteiger partial charge in [0.05, 0.1) is 6.10 Å². The lowest BCUT2D eigenvalue weighted by atomic mass is 9.92. The summed E-state index contributed by atoms with van der Waals surface area (Å²) >= 11 is 3.32. The Bertz CT molecular complexity index is 546. The summed E-state index contributed by atoms with van der Waals surface area (Å²) < 4.78 is 0.831. The first-order valence-electron chi connectivity index (χ1n) is 5.14. The molecule has 1 aromatic rings. The number of benzene rings is 1. The lowest BCUT2D eigenvalue weighted by molar-refractivity contribution is -0.124. The second-order valence-corrected chi connectivity index (χ2v) is 5.18. The molecule has 0 unspecified atom stereocenters. The minimum Gasteiger partial charge on any atom is -0.388 e. The van der Waals surface area contributed by atoms with Gasteiger partial charge in [0.2, 0.25) is 0 Å². The number of halogens is 1. The van der Waals surface area contributed by atoms with Crippen LogP contribution in [0.3, 0.4) is 0 Å². The number of nitrogens with one attached hydrogen (secondary N) is 2. The lowest BCUT2D eigenvalue weighted by Gasteiger charge is -2.20. The van der Waals surface area contributed by atoms with Gasteiger partial charge in [-0.05, 0) is 23.3 Å². The molecule has 6 heteroatoms. The van der Waals surface area contributed by atoms with Crippen LogP contribution in [0.25, 0.3) is 0 Å². The third-order valence-electron chi connectivity index (χ3n) is 3.27. The number of imide groups is 1. The average Bonchev–Trinajstić information content (AvgIpc) is 2.67. The van der Waals surface area contributed by atoms with Gasteiger partial charge in [0, 0.05) is 10.9 Å². The van der Waals surface area contributed by atoms with Gasteiger partial charge in [-0.2, -0.15) is 0 Å². The highest BCUT2D eigenvalue weighted by Gasteiger charge is 2.54. The smallest absolute Gasteiger partial charge is 0.322 e. The molecule has 3 amide bonds. The van der Waals surface area contributed by atoms with Crippen LogP contribution in [0.4, 0.5) is 4.79 Å². The number of hydrogen-bond acceptors (Lipinski definition) is 3. The van der Waals surface area contributed by atoms with Crippen molar-refractivity contribution < 1.29 is 14.7 Å². The van der Waals surface area contributed by atoms with Crippen LogP contribution in [0, 0.1) is 0 Å². The van der Waals surface area contributed by atoms with Crippen molar-refractivity contribution in [1.29, 1.82) is 0 Å². The van der Waals surface area contributed by atoms with Crippen LogP contribution in [0.5, 0.6) is 0 Å². The summed E-state index contributed by atoms with van der Waals surface area (Å²) in [4.78, 5) is 23.1. The number of fused-ring (bicyclic) bond motifs is 2. The van der Waals surface area contributed by atoms with E-state index >= 15 is 0 Å². The van der Waals surface area contributed by atoms with Gasteiger partial charge >= 0.3 is 6.03 Å². The van der Waals surface area contributed by atoms with Crippen molar-refractivity contribution in [2.75, 3.05) is 0 Å². The van der Waals surface area contributed by atoms with E-state index in [1.807, 2.05) is 0 Å². The molecule has 88 valence electrons. The summed E-state index contributed by atoms with van der Waals surface area (Å²) in [6, 6.07) is 4.79. The number of urea groups is 1. The second kappa shape index (κ2) is 3.30. The normalized spacial score (nSPS) is 30.4. The molecule has 3 N–H and O–H groups in total. The monoisotopic (exact) mass is 296 g/mol. The Morgan fingerprint density at radius 3 is 2.82 bits per heavy atom. The van der Waals surface area contributed by atoms with Crippen LogP contribution < -0.4 is 10.6 Å². The molecule has 0 aromatic heterocycles. The quantitative estimate of drug-likeness (QED) is 0.623. The van der Waals surface area contributed by atoms with Crippen LogP contribution in [0.1, 0.15) is 23.7 Å². The van der Waals surface area contributed by atoms with Crippen LogP contribution in [-0.4, -0.2) is 17.0 Å². The number of amides is 3. The Morgan fingerprint density at radius 2 is 2.18 bits per heavy atom. The van der Waals surface area contributed by atoms with E-state index in [1.54, 1.807) is 18.2 Å². The lowest BCUT2D eigenvalue weighted by Crippen LogP contribution is -2.41. The molecule has 2 atom stereocenters. The van der Waals surface area contributed by atoms with Gasteiger partial charge in [-0.15, -0.1) is 0 Å². The van der Waals surface area contributed by atoms with E-state index < -0.39 is 23.6 Å². The van der Waals surface area contributed by atoms with Crippen molar-refractivity contribution in [3.8, 4) is 0 Å². The fraction of sp³-hybridized carbons (Fsp3) is 0.273. The summed E-state index contributed by atoms with van der Waals surface area (Å²) in [6.07, 6.45) is -0.567. The molecule has 0 bridgehead atoms. The Hall–Kier alpha value is -1.40. The Balaban J connectivity index is 2.19. The van der Waals surface area contributed by atoms with E-state index in [4.69, 9.17) is 0 Å². The number of hydrogen-bond donors (Lipinski definition) is 3. The zero-order chi connectivity index (χ0) is 12.2. The van der Waals surface area contributed by atoms with Crippen molar-refractivity contribution in [1.82, 2.24) is 10.6 Å². The molecule has 1 spiro atoms. The van der Waals surface area contributed by atoms with E-state index in [2.05, 4.69) is 26.6 Å². The SMILES string of the molecule is O=C1NC(=O)[C@@]2(C[C@H](O)c3cc(Br)ccc32)N1. The van der Waals surface area contributed by atoms with Gasteiger partial charge in [-0.1, -0.05) is 22.0 Å². The summed E-state index contributed by atoms with van der Waals surface area (Å²) in [5.74, 6) is -0.400. The van der Waals surface area contributed by atoms with Gasteiger partial charge in [0.1, 0.15) is 5.54 Å². The fourth-order valence-corrected chi connectivity index (χ4v) is 2.91. The van der Waals surface area contributed by atoms with E-state index in [0.717, 1.165) is 4.47 Å². The Morgan fingerprint density at radius 1 is 1.41 bits per heavy atom. The van der Waals surface area contributed by atoms with E-state index in [-0.39, 0.29) is 6.42 Å². The molecule has 1 heterocycles. The van der Waals surface area contributed by atoms with Crippen molar-refractivity contribution in [3.05, 3.63) is 33.8 Å². The first-order chi connectivity index (χ1) is 8.03. The highest BCUT2D eigenvalue weighted by Crippen LogP contribution is 2.45. The molecule has 5 nitrogen and oxygen atoms in total. The summed E-state index contributed by atoms with van der Waals surface area (Å²) in [6.45, 7) is 0. The van der Waals surface area contributed by atoms with Crippen LogP contribution in [0.15, 0.2) is 22.7 Å². The Labute approximate surface area is 105 Å². The zero-order valence-electron chi connectivity index (χ0n) is 8.66. The number of aliphatic hydroxyl groups excluding tert-OH is 1. The van der Waals surface area contributed by atoms with Gasteiger partial charge < -0.3 is 10.4 Å². The average molecular weight is 297 g/mol. The van der Waals surface area contributed by atoms with Crippen molar-refractivity contribution in [2.45, 2.75) is 18.1 Å². The third kappa shape index (κ3) is 1.34. The van der Waals surface area contributed by atoms with Crippen molar-refractivity contribution in [3.63, 3.8) is 0 Å². The first-order valence-corrected chi connectivity index (χ1v) is 5.94. The highest BCUT2D eigenvalue weighted by molar-refractivity contribution is 9.10. The molecule has 1 aromatic carbocycles. The molecule has 1 aliphatic heterocycles. The van der Waals surface area contributed by atoms with E-state index in [9.17, 15) is 14.7 Å².